The van der Waals surface area contributed by atoms with Gasteiger partial charge in [0.15, 0.2) is 0 Å². The molecular weight excluding hydrogens is 360 g/mol. The molecule has 108 valence electrons. The van der Waals surface area contributed by atoms with Gasteiger partial charge in [-0.2, -0.15) is 4.31 Å². The molecule has 0 bridgehead atoms. The van der Waals surface area contributed by atoms with Crippen molar-refractivity contribution < 1.29 is 8.42 Å². The molecule has 1 aromatic carbocycles. The zero-order valence-corrected chi connectivity index (χ0v) is 14.1. The lowest BCUT2D eigenvalue weighted by Gasteiger charge is -2.16. The van der Waals surface area contributed by atoms with Gasteiger partial charge in [-0.25, -0.2) is 8.42 Å². The molecule has 0 amide bonds. The maximum absolute atomic E-state index is 12.4. The van der Waals surface area contributed by atoms with Crippen molar-refractivity contribution in [2.45, 2.75) is 18.0 Å². The molecule has 7 heteroatoms. The van der Waals surface area contributed by atoms with Crippen molar-refractivity contribution in [3.8, 4) is 0 Å². The van der Waals surface area contributed by atoms with E-state index in [0.29, 0.717) is 18.0 Å². The fourth-order valence-electron chi connectivity index (χ4n) is 1.71. The van der Waals surface area contributed by atoms with Crippen LogP contribution in [0, 0.1) is 0 Å². The Bertz CT molecular complexity index is 681. The summed E-state index contributed by atoms with van der Waals surface area (Å²) >= 11 is 4.72. The van der Waals surface area contributed by atoms with E-state index in [9.17, 15) is 8.42 Å². The lowest BCUT2D eigenvalue weighted by molar-refractivity contribution is 0.467. The average molecular weight is 375 g/mol. The van der Waals surface area contributed by atoms with Crippen LogP contribution in [-0.2, 0) is 23.1 Å². The topological polar surface area (TPSA) is 63.4 Å². The third kappa shape index (κ3) is 3.48. The molecule has 0 fully saturated rings. The molecule has 2 rings (SSSR count). The molecule has 4 nitrogen and oxygen atoms in total. The van der Waals surface area contributed by atoms with Gasteiger partial charge in [0, 0.05) is 34.9 Å². The minimum Gasteiger partial charge on any atom is -0.326 e. The zero-order chi connectivity index (χ0) is 14.8. The first kappa shape index (κ1) is 15.7. The molecule has 0 saturated carbocycles. The molecule has 0 aliphatic carbocycles. The average Bonchev–Trinajstić information content (AvgIpc) is 2.90. The summed E-state index contributed by atoms with van der Waals surface area (Å²) in [7, 11) is -1.88. The largest absolute Gasteiger partial charge is 0.326 e. The highest BCUT2D eigenvalue weighted by Crippen LogP contribution is 2.23. The summed E-state index contributed by atoms with van der Waals surface area (Å²) in [6, 6.07) is 9.22. The Morgan fingerprint density at radius 1 is 1.30 bits per heavy atom. The highest BCUT2D eigenvalue weighted by atomic mass is 79.9. The molecule has 1 aromatic heterocycles. The van der Waals surface area contributed by atoms with Gasteiger partial charge in [0.05, 0.1) is 4.90 Å². The monoisotopic (exact) mass is 374 g/mol. The number of nitrogens with two attached hydrogens (primary N) is 1. The number of nitrogens with zero attached hydrogens (tertiary/aromatic N) is 1. The molecule has 2 aromatic rings. The van der Waals surface area contributed by atoms with Gasteiger partial charge < -0.3 is 5.73 Å². The number of halogens is 1. The van der Waals surface area contributed by atoms with Crippen LogP contribution in [0.15, 0.2) is 45.1 Å². The van der Waals surface area contributed by atoms with Crippen molar-refractivity contribution in [1.29, 1.82) is 0 Å². The second-order valence-corrected chi connectivity index (χ2v) is 8.30. The molecule has 0 unspecified atom stereocenters. The van der Waals surface area contributed by atoms with Crippen LogP contribution in [0.4, 0.5) is 0 Å². The molecule has 1 heterocycles. The minimum atomic E-state index is -3.46. The summed E-state index contributed by atoms with van der Waals surface area (Å²) < 4.78 is 27.1. The van der Waals surface area contributed by atoms with E-state index < -0.39 is 10.0 Å². The van der Waals surface area contributed by atoms with Crippen molar-refractivity contribution in [3.05, 3.63) is 50.6 Å². The van der Waals surface area contributed by atoms with E-state index >= 15 is 0 Å². The van der Waals surface area contributed by atoms with Crippen LogP contribution >= 0.6 is 27.3 Å². The van der Waals surface area contributed by atoms with Crippen LogP contribution < -0.4 is 5.73 Å². The summed E-state index contributed by atoms with van der Waals surface area (Å²) in [6.45, 7) is 0.694. The van der Waals surface area contributed by atoms with Gasteiger partial charge >= 0.3 is 0 Å². The van der Waals surface area contributed by atoms with Gasteiger partial charge in [0.25, 0.3) is 0 Å². The van der Waals surface area contributed by atoms with Crippen LogP contribution in [0.3, 0.4) is 0 Å². The number of hydrogen-bond acceptors (Lipinski definition) is 4. The molecule has 0 saturated heterocycles. The van der Waals surface area contributed by atoms with Gasteiger partial charge in [-0.1, -0.05) is 28.1 Å². The predicted molar refractivity (Wildman–Crippen MR) is 85.0 cm³/mol. The van der Waals surface area contributed by atoms with Crippen LogP contribution in [0.5, 0.6) is 0 Å². The van der Waals surface area contributed by atoms with Crippen LogP contribution in [0.2, 0.25) is 0 Å². The number of hydrogen-bond donors (Lipinski definition) is 1. The van der Waals surface area contributed by atoms with Gasteiger partial charge in [-0.3, -0.25) is 0 Å². The Morgan fingerprint density at radius 2 is 1.95 bits per heavy atom. The Morgan fingerprint density at radius 3 is 2.50 bits per heavy atom. The first-order valence-corrected chi connectivity index (χ1v) is 9.03. The maximum atomic E-state index is 12.4. The number of rotatable bonds is 5. The Kier molecular flexibility index (Phi) is 4.98. The van der Waals surface area contributed by atoms with E-state index in [-0.39, 0.29) is 0 Å². The lowest BCUT2D eigenvalue weighted by Crippen LogP contribution is -2.26. The third-order valence-corrected chi connectivity index (χ3v) is 6.28. The van der Waals surface area contributed by atoms with Crippen molar-refractivity contribution in [3.63, 3.8) is 0 Å². The van der Waals surface area contributed by atoms with E-state index in [1.165, 1.54) is 15.6 Å². The highest BCUT2D eigenvalue weighted by Gasteiger charge is 2.22. The van der Waals surface area contributed by atoms with Crippen molar-refractivity contribution in [1.82, 2.24) is 4.31 Å². The number of sulfonamides is 1. The van der Waals surface area contributed by atoms with Crippen LogP contribution in [-0.4, -0.2) is 19.8 Å². The second kappa shape index (κ2) is 6.36. The van der Waals surface area contributed by atoms with E-state index in [0.717, 1.165) is 14.9 Å². The number of benzene rings is 1. The molecule has 0 aliphatic rings. The van der Waals surface area contributed by atoms with Gasteiger partial charge in [-0.05, 0) is 23.8 Å². The molecule has 0 atom stereocenters. The fraction of sp³-hybridized carbons (Fsp3) is 0.231. The highest BCUT2D eigenvalue weighted by molar-refractivity contribution is 9.10. The summed E-state index contributed by atoms with van der Waals surface area (Å²) in [5, 5.41) is 1.63. The standard InChI is InChI=1S/C13H15BrN2O2S2/c1-16(8-10-2-4-11(14)5-3-10)20(17,18)13-6-12(7-15)19-9-13/h2-6,9H,7-8,15H2,1H3. The molecular formula is C13H15BrN2O2S2. The quantitative estimate of drug-likeness (QED) is 0.874. The van der Waals surface area contributed by atoms with E-state index in [2.05, 4.69) is 15.9 Å². The summed E-state index contributed by atoms with van der Waals surface area (Å²) in [5.41, 5.74) is 6.46. The van der Waals surface area contributed by atoms with Gasteiger partial charge in [0.2, 0.25) is 10.0 Å². The second-order valence-electron chi connectivity index (χ2n) is 4.34. The van der Waals surface area contributed by atoms with Gasteiger partial charge in [-0.15, -0.1) is 11.3 Å². The van der Waals surface area contributed by atoms with Crippen LogP contribution in [0.1, 0.15) is 10.4 Å². The molecule has 0 aliphatic heterocycles. The summed E-state index contributed by atoms with van der Waals surface area (Å²) in [5.74, 6) is 0. The van der Waals surface area contributed by atoms with Gasteiger partial charge in [0.1, 0.15) is 0 Å². The molecule has 2 N–H and O–H groups in total. The first-order valence-electron chi connectivity index (χ1n) is 5.92. The Balaban J connectivity index is 2.18. The third-order valence-electron chi connectivity index (χ3n) is 2.86. The zero-order valence-electron chi connectivity index (χ0n) is 10.9. The normalized spacial score (nSPS) is 12.0. The van der Waals surface area contributed by atoms with Crippen LogP contribution in [0.25, 0.3) is 0 Å². The SMILES string of the molecule is CN(Cc1ccc(Br)cc1)S(=O)(=O)c1csc(CN)c1. The van der Waals surface area contributed by atoms with E-state index in [4.69, 9.17) is 5.73 Å². The van der Waals surface area contributed by atoms with E-state index in [1.807, 2.05) is 24.3 Å². The Hall–Kier alpha value is -0.730. The maximum Gasteiger partial charge on any atom is 0.243 e. The molecule has 0 radical (unpaired) electrons. The van der Waals surface area contributed by atoms with Crippen molar-refractivity contribution in [2.24, 2.45) is 5.73 Å². The van der Waals surface area contributed by atoms with E-state index in [1.54, 1.807) is 18.5 Å². The fourth-order valence-corrected chi connectivity index (χ4v) is 4.28. The predicted octanol–water partition coefficient (Wildman–Crippen LogP) is 2.79. The smallest absolute Gasteiger partial charge is 0.243 e. The molecule has 20 heavy (non-hydrogen) atoms. The summed E-state index contributed by atoms with van der Waals surface area (Å²) in [4.78, 5) is 1.17. The Labute approximate surface area is 131 Å². The summed E-state index contributed by atoms with van der Waals surface area (Å²) in [6.07, 6.45) is 0. The number of thiophene rings is 1. The van der Waals surface area contributed by atoms with Crippen molar-refractivity contribution in [2.75, 3.05) is 7.05 Å². The lowest BCUT2D eigenvalue weighted by atomic mass is 10.2. The van der Waals surface area contributed by atoms with Crippen molar-refractivity contribution >= 4 is 37.3 Å². The molecule has 0 spiro atoms. The minimum absolute atomic E-state index is 0.308. The first-order chi connectivity index (χ1) is 9.43.